The molecule has 2 atom stereocenters. The van der Waals surface area contributed by atoms with Gasteiger partial charge in [-0.2, -0.15) is 0 Å². The van der Waals surface area contributed by atoms with Gasteiger partial charge in [-0.25, -0.2) is 9.97 Å². The van der Waals surface area contributed by atoms with E-state index in [4.69, 9.17) is 14.7 Å². The Balaban J connectivity index is 1.51. The molecular weight excluding hydrogens is 458 g/mol. The molecule has 0 amide bonds. The van der Waals surface area contributed by atoms with Gasteiger partial charge in [0.25, 0.3) is 0 Å². The molecule has 3 aliphatic heterocycles. The predicted molar refractivity (Wildman–Crippen MR) is 152 cm³/mol. The third-order valence-electron chi connectivity index (χ3n) is 6.78. The van der Waals surface area contributed by atoms with Crippen LogP contribution < -0.4 is 0 Å². The molecule has 0 saturated heterocycles. The Labute approximate surface area is 216 Å². The summed E-state index contributed by atoms with van der Waals surface area (Å²) in [5.74, 6) is 0. The van der Waals surface area contributed by atoms with E-state index in [1.807, 2.05) is 24.3 Å². The molecule has 3 aliphatic rings. The standard InChI is InChI=1S/C31H31N5O/c1-3-4-15-37-21(2)36-14-6-5-7-31(36)29-19-28-18-26-11-10-24(33-26)16-22-8-9-23(32-22)17-25-12-13-27(34-25)20-30(29)35-28/h5-14,16-21,31,33,35H,3-4,15H2,1-2H3. The molecule has 3 aromatic heterocycles. The summed E-state index contributed by atoms with van der Waals surface area (Å²) in [7, 11) is 0. The van der Waals surface area contributed by atoms with Gasteiger partial charge in [0.1, 0.15) is 6.23 Å². The molecule has 37 heavy (non-hydrogen) atoms. The van der Waals surface area contributed by atoms with E-state index in [1.165, 1.54) is 5.56 Å². The van der Waals surface area contributed by atoms with Crippen LogP contribution in [-0.2, 0) is 4.74 Å². The summed E-state index contributed by atoms with van der Waals surface area (Å²) >= 11 is 0. The molecule has 2 N–H and O–H groups in total. The highest BCUT2D eigenvalue weighted by Gasteiger charge is 2.24. The minimum atomic E-state index is -0.0453. The number of unbranched alkanes of at least 4 members (excludes halogenated alkanes) is 1. The summed E-state index contributed by atoms with van der Waals surface area (Å²) in [4.78, 5) is 19.0. The second-order valence-electron chi connectivity index (χ2n) is 9.57. The number of aromatic nitrogens is 4. The smallest absolute Gasteiger partial charge is 0.127 e. The molecule has 0 aliphatic carbocycles. The summed E-state index contributed by atoms with van der Waals surface area (Å²) in [6.07, 6.45) is 18.8. The number of hydrogen-bond acceptors (Lipinski definition) is 4. The van der Waals surface area contributed by atoms with Crippen LogP contribution in [-0.4, -0.2) is 37.7 Å². The Kier molecular flexibility index (Phi) is 6.33. The lowest BCUT2D eigenvalue weighted by Gasteiger charge is -2.35. The van der Waals surface area contributed by atoms with Crippen LogP contribution in [0.5, 0.6) is 0 Å². The average Bonchev–Trinajstić information content (AvgIpc) is 3.70. The van der Waals surface area contributed by atoms with Gasteiger partial charge in [-0.1, -0.05) is 25.5 Å². The Bertz CT molecular complexity index is 1590. The lowest BCUT2D eigenvalue weighted by molar-refractivity contribution is -0.0366. The Morgan fingerprint density at radius 2 is 1.54 bits per heavy atom. The number of rotatable bonds is 6. The molecule has 6 heteroatoms. The van der Waals surface area contributed by atoms with Crippen molar-refractivity contribution < 1.29 is 4.74 Å². The largest absolute Gasteiger partial charge is 0.359 e. The molecule has 6 heterocycles. The molecule has 6 nitrogen and oxygen atoms in total. The first-order valence-electron chi connectivity index (χ1n) is 13.0. The number of hydrogen-bond donors (Lipinski definition) is 2. The topological polar surface area (TPSA) is 69.8 Å². The Morgan fingerprint density at radius 1 is 0.838 bits per heavy atom. The number of H-pyrrole nitrogens is 2. The highest BCUT2D eigenvalue weighted by molar-refractivity contribution is 5.78. The van der Waals surface area contributed by atoms with E-state index in [9.17, 15) is 0 Å². The van der Waals surface area contributed by atoms with Crippen LogP contribution in [0.4, 0.5) is 0 Å². The van der Waals surface area contributed by atoms with E-state index in [1.54, 1.807) is 0 Å². The fraction of sp³-hybridized carbons (Fsp3) is 0.226. The zero-order valence-corrected chi connectivity index (χ0v) is 21.2. The van der Waals surface area contributed by atoms with Crippen LogP contribution in [0.1, 0.15) is 61.1 Å². The van der Waals surface area contributed by atoms with Crippen LogP contribution in [0.15, 0.2) is 66.9 Å². The van der Waals surface area contributed by atoms with Crippen molar-refractivity contribution >= 4 is 46.4 Å². The van der Waals surface area contributed by atoms with Crippen molar-refractivity contribution in [3.8, 4) is 0 Å². The number of nitrogens with one attached hydrogen (secondary N) is 2. The molecule has 0 fully saturated rings. The molecule has 8 bridgehead atoms. The van der Waals surface area contributed by atoms with E-state index >= 15 is 0 Å². The van der Waals surface area contributed by atoms with Crippen molar-refractivity contribution in [3.63, 3.8) is 0 Å². The third kappa shape index (κ3) is 5.06. The zero-order chi connectivity index (χ0) is 25.2. The first kappa shape index (κ1) is 23.3. The summed E-state index contributed by atoms with van der Waals surface area (Å²) < 4.78 is 6.18. The second-order valence-corrected chi connectivity index (χ2v) is 9.57. The van der Waals surface area contributed by atoms with Crippen molar-refractivity contribution in [2.75, 3.05) is 6.61 Å². The first-order chi connectivity index (χ1) is 18.1. The Hall–Kier alpha value is -4.16. The number of aromatic amines is 2. The predicted octanol–water partition coefficient (Wildman–Crippen LogP) is 7.24. The van der Waals surface area contributed by atoms with Gasteiger partial charge in [-0.3, -0.25) is 0 Å². The summed E-state index contributed by atoms with van der Waals surface area (Å²) in [6.45, 7) is 5.06. The first-order valence-corrected chi connectivity index (χ1v) is 13.0. The second kappa shape index (κ2) is 10.1. The molecule has 0 spiro atoms. The molecular formula is C31H31N5O. The average molecular weight is 490 g/mol. The maximum Gasteiger partial charge on any atom is 0.127 e. The molecule has 6 rings (SSSR count). The minimum Gasteiger partial charge on any atom is -0.359 e. The number of nitrogens with zero attached hydrogens (tertiary/aromatic N) is 3. The quantitative estimate of drug-likeness (QED) is 0.247. The maximum atomic E-state index is 6.18. The fourth-order valence-electron chi connectivity index (χ4n) is 4.89. The summed E-state index contributed by atoms with van der Waals surface area (Å²) in [6, 6.07) is 14.8. The van der Waals surface area contributed by atoms with Crippen molar-refractivity contribution in [1.29, 1.82) is 0 Å². The van der Waals surface area contributed by atoms with Crippen molar-refractivity contribution in [2.45, 2.75) is 39.0 Å². The lowest BCUT2D eigenvalue weighted by atomic mass is 10.0. The Morgan fingerprint density at radius 3 is 2.30 bits per heavy atom. The van der Waals surface area contributed by atoms with Crippen molar-refractivity contribution in [2.24, 2.45) is 0 Å². The zero-order valence-electron chi connectivity index (χ0n) is 21.2. The summed E-state index contributed by atoms with van der Waals surface area (Å²) in [5.41, 5.74) is 8.89. The van der Waals surface area contributed by atoms with Crippen LogP contribution in [0.3, 0.4) is 0 Å². The number of fused-ring (bicyclic) bond motifs is 8. The molecule has 0 radical (unpaired) electrons. The van der Waals surface area contributed by atoms with E-state index in [0.717, 1.165) is 64.3 Å². The van der Waals surface area contributed by atoms with E-state index < -0.39 is 0 Å². The van der Waals surface area contributed by atoms with Gasteiger partial charge in [-0.15, -0.1) is 0 Å². The van der Waals surface area contributed by atoms with Gasteiger partial charge in [0.05, 0.1) is 28.8 Å². The minimum absolute atomic E-state index is 0.0357. The fourth-order valence-corrected chi connectivity index (χ4v) is 4.89. The van der Waals surface area contributed by atoms with Gasteiger partial charge in [-0.05, 0) is 86.2 Å². The third-order valence-corrected chi connectivity index (χ3v) is 6.78. The van der Waals surface area contributed by atoms with Gasteiger partial charge >= 0.3 is 0 Å². The number of allylic oxidation sites excluding steroid dienone is 2. The van der Waals surface area contributed by atoms with E-state index in [0.29, 0.717) is 0 Å². The molecule has 0 saturated carbocycles. The van der Waals surface area contributed by atoms with Crippen molar-refractivity contribution in [3.05, 3.63) is 95.2 Å². The highest BCUT2D eigenvalue weighted by Crippen LogP contribution is 2.32. The van der Waals surface area contributed by atoms with Gasteiger partial charge in [0.2, 0.25) is 0 Å². The van der Waals surface area contributed by atoms with Crippen LogP contribution in [0.25, 0.3) is 46.4 Å². The SMILES string of the molecule is CCCCOC(C)N1C=CC=CC1c1cc2cc3ccc(cc4nc(cc5nc(cc1[nH]2)C=C5)C=C4)[nH]3. The van der Waals surface area contributed by atoms with Gasteiger partial charge in [0.15, 0.2) is 0 Å². The number of ether oxygens (including phenoxy) is 1. The maximum absolute atomic E-state index is 6.18. The van der Waals surface area contributed by atoms with Crippen LogP contribution >= 0.6 is 0 Å². The molecule has 3 aromatic rings. The lowest BCUT2D eigenvalue weighted by Crippen LogP contribution is -2.34. The van der Waals surface area contributed by atoms with Gasteiger partial charge in [0, 0.05) is 40.4 Å². The monoisotopic (exact) mass is 489 g/mol. The molecule has 2 unspecified atom stereocenters. The van der Waals surface area contributed by atoms with Gasteiger partial charge < -0.3 is 19.6 Å². The van der Waals surface area contributed by atoms with Crippen LogP contribution in [0, 0.1) is 0 Å². The van der Waals surface area contributed by atoms with Crippen molar-refractivity contribution in [1.82, 2.24) is 24.8 Å². The highest BCUT2D eigenvalue weighted by atomic mass is 16.5. The van der Waals surface area contributed by atoms with Crippen LogP contribution in [0.2, 0.25) is 0 Å². The molecule has 186 valence electrons. The van der Waals surface area contributed by atoms with E-state index in [-0.39, 0.29) is 12.3 Å². The van der Waals surface area contributed by atoms with E-state index in [2.05, 4.69) is 95.6 Å². The normalized spacial score (nSPS) is 17.0. The summed E-state index contributed by atoms with van der Waals surface area (Å²) in [5, 5.41) is 0. The molecule has 0 aromatic carbocycles.